The Labute approximate surface area is 93.8 Å². The van der Waals surface area contributed by atoms with Gasteiger partial charge in [-0.2, -0.15) is 0 Å². The van der Waals surface area contributed by atoms with Gasteiger partial charge in [-0.1, -0.05) is 27.2 Å². The Morgan fingerprint density at radius 1 is 1.33 bits per heavy atom. The van der Waals surface area contributed by atoms with E-state index in [1.165, 1.54) is 38.5 Å². The molecule has 2 rings (SSSR count). The van der Waals surface area contributed by atoms with E-state index in [9.17, 15) is 0 Å². The average Bonchev–Trinajstić information content (AvgIpc) is 2.42. The summed E-state index contributed by atoms with van der Waals surface area (Å²) in [6.07, 6.45) is 7.43. The molecule has 2 atom stereocenters. The van der Waals surface area contributed by atoms with Crippen molar-refractivity contribution in [2.75, 3.05) is 6.61 Å². The minimum absolute atomic E-state index is 0.0294. The highest BCUT2D eigenvalue weighted by molar-refractivity contribution is 4.97. The molecule has 1 heterocycles. The van der Waals surface area contributed by atoms with Gasteiger partial charge in [0.15, 0.2) is 0 Å². The van der Waals surface area contributed by atoms with Crippen LogP contribution < -0.4 is 5.32 Å². The smallest absolute Gasteiger partial charge is 0.119 e. The third kappa shape index (κ3) is 2.54. The highest BCUT2D eigenvalue weighted by Crippen LogP contribution is 2.45. The minimum atomic E-state index is 0.0294. The Kier molecular flexibility index (Phi) is 3.09. The largest absolute Gasteiger partial charge is 0.361 e. The lowest BCUT2D eigenvalue weighted by Gasteiger charge is -2.40. The monoisotopic (exact) mass is 211 g/mol. The van der Waals surface area contributed by atoms with Gasteiger partial charge in [0.25, 0.3) is 0 Å². The van der Waals surface area contributed by atoms with Crippen LogP contribution in [0, 0.1) is 5.41 Å². The van der Waals surface area contributed by atoms with Crippen molar-refractivity contribution in [3.8, 4) is 0 Å². The Morgan fingerprint density at radius 2 is 2.13 bits per heavy atom. The van der Waals surface area contributed by atoms with Gasteiger partial charge in [0, 0.05) is 6.04 Å². The summed E-state index contributed by atoms with van der Waals surface area (Å²) in [7, 11) is 0. The number of rotatable bonds is 2. The summed E-state index contributed by atoms with van der Waals surface area (Å²) in [5.74, 6) is 0. The standard InChI is InChI=1S/C13H25NO/c1-4-5-11-6-9-15-13(14-11)8-7-12(2,3)10-13/h11,14H,4-10H2,1-3H3. The number of ether oxygens (including phenoxy) is 1. The van der Waals surface area contributed by atoms with Crippen molar-refractivity contribution in [1.82, 2.24) is 5.32 Å². The summed E-state index contributed by atoms with van der Waals surface area (Å²) >= 11 is 0. The van der Waals surface area contributed by atoms with E-state index in [-0.39, 0.29) is 5.72 Å². The molecule has 2 unspecified atom stereocenters. The fourth-order valence-corrected chi connectivity index (χ4v) is 3.18. The summed E-state index contributed by atoms with van der Waals surface area (Å²) in [4.78, 5) is 0. The zero-order chi connectivity index (χ0) is 10.9. The molecule has 15 heavy (non-hydrogen) atoms. The third-order valence-electron chi connectivity index (χ3n) is 3.92. The van der Waals surface area contributed by atoms with Crippen molar-refractivity contribution in [2.45, 2.75) is 71.1 Å². The molecule has 88 valence electrons. The van der Waals surface area contributed by atoms with Crippen molar-refractivity contribution in [2.24, 2.45) is 5.41 Å². The first kappa shape index (κ1) is 11.4. The molecular weight excluding hydrogens is 186 g/mol. The summed E-state index contributed by atoms with van der Waals surface area (Å²) in [6.45, 7) is 7.93. The normalized spacial score (nSPS) is 39.8. The predicted molar refractivity (Wildman–Crippen MR) is 62.8 cm³/mol. The van der Waals surface area contributed by atoms with Gasteiger partial charge in [-0.25, -0.2) is 0 Å². The van der Waals surface area contributed by atoms with Crippen LogP contribution in [0.5, 0.6) is 0 Å². The van der Waals surface area contributed by atoms with Crippen LogP contribution in [0.15, 0.2) is 0 Å². The van der Waals surface area contributed by atoms with Crippen LogP contribution in [0.3, 0.4) is 0 Å². The summed E-state index contributed by atoms with van der Waals surface area (Å²) in [5.41, 5.74) is 0.489. The van der Waals surface area contributed by atoms with Crippen LogP contribution >= 0.6 is 0 Å². The highest BCUT2D eigenvalue weighted by Gasteiger charge is 2.46. The number of hydrogen-bond acceptors (Lipinski definition) is 2. The van der Waals surface area contributed by atoms with Crippen LogP contribution in [0.4, 0.5) is 0 Å². The molecule has 1 saturated heterocycles. The Hall–Kier alpha value is -0.0800. The molecule has 0 amide bonds. The van der Waals surface area contributed by atoms with E-state index in [1.807, 2.05) is 0 Å². The van der Waals surface area contributed by atoms with Gasteiger partial charge >= 0.3 is 0 Å². The van der Waals surface area contributed by atoms with Gasteiger partial charge in [-0.15, -0.1) is 0 Å². The van der Waals surface area contributed by atoms with Crippen molar-refractivity contribution in [3.05, 3.63) is 0 Å². The second-order valence-corrected chi connectivity index (χ2v) is 6.10. The molecule has 1 spiro atoms. The lowest BCUT2D eigenvalue weighted by atomic mass is 9.90. The summed E-state index contributed by atoms with van der Waals surface area (Å²) in [5, 5.41) is 3.76. The number of nitrogens with one attached hydrogen (secondary N) is 1. The molecule has 2 heteroatoms. The Bertz CT molecular complexity index is 225. The molecule has 0 aromatic carbocycles. The van der Waals surface area contributed by atoms with E-state index >= 15 is 0 Å². The van der Waals surface area contributed by atoms with E-state index < -0.39 is 0 Å². The van der Waals surface area contributed by atoms with Crippen LogP contribution in [0.1, 0.15) is 59.3 Å². The molecule has 1 saturated carbocycles. The molecule has 2 nitrogen and oxygen atoms in total. The zero-order valence-corrected chi connectivity index (χ0v) is 10.4. The molecule has 2 fully saturated rings. The topological polar surface area (TPSA) is 21.3 Å². The van der Waals surface area contributed by atoms with Crippen LogP contribution in [0.25, 0.3) is 0 Å². The van der Waals surface area contributed by atoms with Crippen molar-refractivity contribution < 1.29 is 4.74 Å². The zero-order valence-electron chi connectivity index (χ0n) is 10.4. The fraction of sp³-hybridized carbons (Fsp3) is 1.00. The molecule has 0 aromatic rings. The van der Waals surface area contributed by atoms with E-state index in [0.717, 1.165) is 6.61 Å². The molecule has 0 aromatic heterocycles. The van der Waals surface area contributed by atoms with Crippen LogP contribution in [0.2, 0.25) is 0 Å². The van der Waals surface area contributed by atoms with E-state index in [2.05, 4.69) is 26.1 Å². The van der Waals surface area contributed by atoms with Crippen molar-refractivity contribution in [1.29, 1.82) is 0 Å². The molecule has 0 bridgehead atoms. The lowest BCUT2D eigenvalue weighted by Crippen LogP contribution is -2.55. The lowest BCUT2D eigenvalue weighted by molar-refractivity contribution is -0.111. The average molecular weight is 211 g/mol. The molecule has 0 radical (unpaired) electrons. The quantitative estimate of drug-likeness (QED) is 0.758. The van der Waals surface area contributed by atoms with E-state index in [1.54, 1.807) is 0 Å². The van der Waals surface area contributed by atoms with Gasteiger partial charge in [-0.05, 0) is 37.5 Å². The van der Waals surface area contributed by atoms with Gasteiger partial charge in [0.1, 0.15) is 5.72 Å². The summed E-state index contributed by atoms with van der Waals surface area (Å²) in [6, 6.07) is 0.692. The molecular formula is C13H25NO. The molecule has 1 N–H and O–H groups in total. The number of hydrogen-bond donors (Lipinski definition) is 1. The van der Waals surface area contributed by atoms with Gasteiger partial charge in [-0.3, -0.25) is 5.32 Å². The first-order chi connectivity index (χ1) is 7.05. The van der Waals surface area contributed by atoms with Gasteiger partial charge < -0.3 is 4.74 Å². The Morgan fingerprint density at radius 3 is 2.73 bits per heavy atom. The predicted octanol–water partition coefficient (Wildman–Crippen LogP) is 3.07. The molecule has 2 aliphatic rings. The maximum absolute atomic E-state index is 6.03. The fourth-order valence-electron chi connectivity index (χ4n) is 3.18. The van der Waals surface area contributed by atoms with Crippen LogP contribution in [-0.2, 0) is 4.74 Å². The second kappa shape index (κ2) is 4.06. The maximum Gasteiger partial charge on any atom is 0.119 e. The SMILES string of the molecule is CCCC1CCOC2(CCC(C)(C)C2)N1. The van der Waals surface area contributed by atoms with Crippen molar-refractivity contribution in [3.63, 3.8) is 0 Å². The van der Waals surface area contributed by atoms with Crippen molar-refractivity contribution >= 4 is 0 Å². The first-order valence-electron chi connectivity index (χ1n) is 6.47. The molecule has 1 aliphatic heterocycles. The van der Waals surface area contributed by atoms with E-state index in [4.69, 9.17) is 4.74 Å². The van der Waals surface area contributed by atoms with Crippen LogP contribution in [-0.4, -0.2) is 18.4 Å². The van der Waals surface area contributed by atoms with E-state index in [0.29, 0.717) is 11.5 Å². The Balaban J connectivity index is 1.97. The molecule has 1 aliphatic carbocycles. The summed E-state index contributed by atoms with van der Waals surface area (Å²) < 4.78 is 6.03. The maximum atomic E-state index is 6.03. The van der Waals surface area contributed by atoms with Gasteiger partial charge in [0.2, 0.25) is 0 Å². The minimum Gasteiger partial charge on any atom is -0.361 e. The second-order valence-electron chi connectivity index (χ2n) is 6.10. The first-order valence-corrected chi connectivity index (χ1v) is 6.47. The highest BCUT2D eigenvalue weighted by atomic mass is 16.5. The van der Waals surface area contributed by atoms with Gasteiger partial charge in [0.05, 0.1) is 6.61 Å². The third-order valence-corrected chi connectivity index (χ3v) is 3.92.